The molecule has 50 heavy (non-hydrogen) atoms. The summed E-state index contributed by atoms with van der Waals surface area (Å²) in [5.74, 6) is 0.462. The van der Waals surface area contributed by atoms with Crippen molar-refractivity contribution in [2.75, 3.05) is 38.2 Å². The standard InChI is InChI=1S/C39H58N2O6S3/c1-6-10-36(31-49(44,45)38-22-16-33(3)17-23-38)12-8-28-40-27-7-11-35(26-30-48(42,43)37-20-14-32(2)15-21-37)13-9-29-41(5)50(46,47)39-24-18-34(4)19-25-39/h14-25,35-36,40H,6-13,26-31H2,1-5H3. The van der Waals surface area contributed by atoms with Crippen molar-refractivity contribution in [3.8, 4) is 0 Å². The second kappa shape index (κ2) is 19.9. The lowest BCUT2D eigenvalue weighted by Crippen LogP contribution is -2.28. The van der Waals surface area contributed by atoms with E-state index in [-0.39, 0.29) is 28.2 Å². The molecule has 0 bridgehead atoms. The van der Waals surface area contributed by atoms with Gasteiger partial charge in [-0.3, -0.25) is 0 Å². The SMILES string of the molecule is CCCC(CCCNCCCC(CCCN(C)S(=O)(=O)c1ccc(C)cc1)CCS(=O)(=O)c1ccc(C)cc1)CS(=O)(=O)c1ccc(C)cc1. The van der Waals surface area contributed by atoms with E-state index in [9.17, 15) is 25.3 Å². The van der Waals surface area contributed by atoms with Crippen molar-refractivity contribution in [2.24, 2.45) is 11.8 Å². The van der Waals surface area contributed by atoms with Gasteiger partial charge < -0.3 is 5.32 Å². The normalized spacial score (nSPS) is 13.8. The van der Waals surface area contributed by atoms with Gasteiger partial charge >= 0.3 is 0 Å². The lowest BCUT2D eigenvalue weighted by molar-refractivity contribution is 0.376. The summed E-state index contributed by atoms with van der Waals surface area (Å²) in [6.07, 6.45) is 7.11. The average molecular weight is 747 g/mol. The molecule has 0 aliphatic carbocycles. The van der Waals surface area contributed by atoms with Crippen molar-refractivity contribution < 1.29 is 25.3 Å². The van der Waals surface area contributed by atoms with E-state index in [0.29, 0.717) is 29.2 Å². The van der Waals surface area contributed by atoms with Gasteiger partial charge in [0.2, 0.25) is 10.0 Å². The first-order chi connectivity index (χ1) is 23.6. The number of rotatable bonds is 23. The first-order valence-electron chi connectivity index (χ1n) is 18.0. The molecule has 2 unspecified atom stereocenters. The second-order valence-corrected chi connectivity index (χ2v) is 20.0. The highest BCUT2D eigenvalue weighted by Crippen LogP contribution is 2.24. The minimum atomic E-state index is -3.60. The second-order valence-electron chi connectivity index (χ2n) is 13.9. The minimum absolute atomic E-state index is 0.0516. The summed E-state index contributed by atoms with van der Waals surface area (Å²) in [6.45, 7) is 9.81. The molecule has 11 heteroatoms. The van der Waals surface area contributed by atoms with Crippen molar-refractivity contribution in [3.63, 3.8) is 0 Å². The number of sulfonamides is 1. The van der Waals surface area contributed by atoms with E-state index in [1.165, 1.54) is 4.31 Å². The fourth-order valence-corrected chi connectivity index (χ4v) is 10.6. The van der Waals surface area contributed by atoms with Gasteiger partial charge in [0.05, 0.1) is 26.2 Å². The maximum atomic E-state index is 13.1. The summed E-state index contributed by atoms with van der Waals surface area (Å²) >= 11 is 0. The van der Waals surface area contributed by atoms with Crippen molar-refractivity contribution in [1.29, 1.82) is 0 Å². The Kier molecular flexibility index (Phi) is 16.6. The molecular weight excluding hydrogens is 689 g/mol. The average Bonchev–Trinajstić information content (AvgIpc) is 3.06. The van der Waals surface area contributed by atoms with Crippen LogP contribution in [0.3, 0.4) is 0 Å². The minimum Gasteiger partial charge on any atom is -0.317 e. The third kappa shape index (κ3) is 13.5. The number of nitrogens with zero attached hydrogens (tertiary/aromatic N) is 1. The molecule has 278 valence electrons. The van der Waals surface area contributed by atoms with Crippen LogP contribution < -0.4 is 5.32 Å². The van der Waals surface area contributed by atoms with Crippen LogP contribution in [0, 0.1) is 32.6 Å². The number of aryl methyl sites for hydroxylation is 3. The maximum Gasteiger partial charge on any atom is 0.242 e. The fourth-order valence-electron chi connectivity index (χ4n) is 6.26. The quantitative estimate of drug-likeness (QED) is 0.0998. The van der Waals surface area contributed by atoms with Crippen LogP contribution in [0.5, 0.6) is 0 Å². The third-order valence-electron chi connectivity index (χ3n) is 9.45. The molecule has 0 saturated heterocycles. The first kappa shape index (κ1) is 41.8. The zero-order chi connectivity index (χ0) is 36.8. The molecule has 0 aromatic heterocycles. The number of sulfone groups is 2. The van der Waals surface area contributed by atoms with Crippen LogP contribution >= 0.6 is 0 Å². The molecule has 1 N–H and O–H groups in total. The van der Waals surface area contributed by atoms with Gasteiger partial charge in [-0.15, -0.1) is 0 Å². The van der Waals surface area contributed by atoms with Crippen molar-refractivity contribution >= 4 is 29.7 Å². The molecule has 0 radical (unpaired) electrons. The molecule has 3 aromatic rings. The van der Waals surface area contributed by atoms with E-state index >= 15 is 0 Å². The van der Waals surface area contributed by atoms with Gasteiger partial charge in [-0.25, -0.2) is 29.6 Å². The molecule has 0 aliphatic heterocycles. The zero-order valence-corrected chi connectivity index (χ0v) is 33.1. The number of nitrogens with one attached hydrogen (secondary N) is 1. The van der Waals surface area contributed by atoms with Gasteiger partial charge in [-0.1, -0.05) is 66.4 Å². The molecule has 2 atom stereocenters. The van der Waals surface area contributed by atoms with Crippen molar-refractivity contribution in [3.05, 3.63) is 89.5 Å². The van der Waals surface area contributed by atoms with Gasteiger partial charge in [0.1, 0.15) is 0 Å². The largest absolute Gasteiger partial charge is 0.317 e. The van der Waals surface area contributed by atoms with Crippen molar-refractivity contribution in [1.82, 2.24) is 9.62 Å². The highest BCUT2D eigenvalue weighted by molar-refractivity contribution is 7.91. The topological polar surface area (TPSA) is 118 Å². The molecule has 3 aromatic carbocycles. The summed E-state index contributed by atoms with van der Waals surface area (Å²) in [5.41, 5.74) is 3.04. The smallest absolute Gasteiger partial charge is 0.242 e. The summed E-state index contributed by atoms with van der Waals surface area (Å²) < 4.78 is 79.9. The Morgan fingerprint density at radius 2 is 1.00 bits per heavy atom. The third-order valence-corrected chi connectivity index (χ3v) is 15.0. The highest BCUT2D eigenvalue weighted by Gasteiger charge is 2.23. The molecule has 0 spiro atoms. The zero-order valence-electron chi connectivity index (χ0n) is 30.6. The summed E-state index contributed by atoms with van der Waals surface area (Å²) in [5, 5.41) is 3.50. The van der Waals surface area contributed by atoms with E-state index in [0.717, 1.165) is 74.7 Å². The summed E-state index contributed by atoms with van der Waals surface area (Å²) in [7, 11) is -8.77. The number of hydrogen-bond acceptors (Lipinski definition) is 7. The van der Waals surface area contributed by atoms with Crippen LogP contribution in [0.1, 0.15) is 81.4 Å². The Hall–Kier alpha value is -2.57. The van der Waals surface area contributed by atoms with E-state index in [4.69, 9.17) is 0 Å². The molecular formula is C39H58N2O6S3. The van der Waals surface area contributed by atoms with Gasteiger partial charge in [0.15, 0.2) is 19.7 Å². The molecule has 8 nitrogen and oxygen atoms in total. The Bertz CT molecular complexity index is 1770. The fraction of sp³-hybridized carbons (Fsp3) is 0.538. The molecule has 0 amide bonds. The summed E-state index contributed by atoms with van der Waals surface area (Å²) in [6, 6.07) is 20.9. The summed E-state index contributed by atoms with van der Waals surface area (Å²) in [4.78, 5) is 0.995. The molecule has 0 heterocycles. The van der Waals surface area contributed by atoms with Crippen LogP contribution in [0.4, 0.5) is 0 Å². The predicted octanol–water partition coefficient (Wildman–Crippen LogP) is 7.53. The van der Waals surface area contributed by atoms with Gasteiger partial charge in [0, 0.05) is 13.6 Å². The van der Waals surface area contributed by atoms with Gasteiger partial charge in [-0.05, 0) is 133 Å². The van der Waals surface area contributed by atoms with Gasteiger partial charge in [-0.2, -0.15) is 0 Å². The van der Waals surface area contributed by atoms with E-state index in [1.807, 2.05) is 45.0 Å². The Labute approximate surface area is 303 Å². The first-order valence-corrected chi connectivity index (χ1v) is 22.7. The van der Waals surface area contributed by atoms with E-state index in [1.54, 1.807) is 55.6 Å². The van der Waals surface area contributed by atoms with Gasteiger partial charge in [0.25, 0.3) is 0 Å². The molecule has 0 fully saturated rings. The van der Waals surface area contributed by atoms with Crippen LogP contribution in [-0.2, 0) is 29.7 Å². The van der Waals surface area contributed by atoms with Crippen molar-refractivity contribution in [2.45, 2.75) is 100 Å². The Morgan fingerprint density at radius 3 is 1.50 bits per heavy atom. The molecule has 0 aliphatic rings. The van der Waals surface area contributed by atoms with E-state index < -0.39 is 29.7 Å². The lowest BCUT2D eigenvalue weighted by Gasteiger charge is -2.21. The maximum absolute atomic E-state index is 13.1. The van der Waals surface area contributed by atoms with Crippen LogP contribution in [0.2, 0.25) is 0 Å². The molecule has 0 saturated carbocycles. The Morgan fingerprint density at radius 1 is 0.560 bits per heavy atom. The van der Waals surface area contributed by atoms with Crippen LogP contribution in [0.25, 0.3) is 0 Å². The lowest BCUT2D eigenvalue weighted by atomic mass is 9.95. The van der Waals surface area contributed by atoms with E-state index in [2.05, 4.69) is 12.2 Å². The Balaban J connectivity index is 1.50. The molecule has 3 rings (SSSR count). The number of benzene rings is 3. The van der Waals surface area contributed by atoms with Crippen LogP contribution in [-0.4, -0.2) is 67.7 Å². The van der Waals surface area contributed by atoms with Crippen LogP contribution in [0.15, 0.2) is 87.5 Å². The number of hydrogen-bond donors (Lipinski definition) is 1. The monoisotopic (exact) mass is 746 g/mol. The predicted molar refractivity (Wildman–Crippen MR) is 205 cm³/mol. The highest BCUT2D eigenvalue weighted by atomic mass is 32.2.